The van der Waals surface area contributed by atoms with E-state index in [1.807, 2.05) is 6.07 Å². The molecule has 1 aromatic heterocycles. The third kappa shape index (κ3) is 4.08. The highest BCUT2D eigenvalue weighted by Gasteiger charge is 2.17. The zero-order valence-electron chi connectivity index (χ0n) is 12.4. The van der Waals surface area contributed by atoms with Crippen molar-refractivity contribution < 1.29 is 13.9 Å². The summed E-state index contributed by atoms with van der Waals surface area (Å²) >= 11 is 0. The number of furan rings is 1. The number of methoxy groups -OCH3 is 1. The number of carbonyl (C=O) groups is 1. The monoisotopic (exact) mass is 280 g/mol. The molecule has 0 aliphatic carbocycles. The van der Waals surface area contributed by atoms with Gasteiger partial charge in [-0.15, -0.1) is 0 Å². The number of nitrogens with one attached hydrogen (secondary N) is 1. The Hall–Kier alpha value is -1.33. The minimum Gasteiger partial charge on any atom is -0.463 e. The molecule has 1 aliphatic heterocycles. The molecule has 20 heavy (non-hydrogen) atoms. The quantitative estimate of drug-likeness (QED) is 0.637. The topological polar surface area (TPSA) is 54.7 Å². The predicted molar refractivity (Wildman–Crippen MR) is 76.6 cm³/mol. The highest BCUT2D eigenvalue weighted by atomic mass is 16.5. The van der Waals surface area contributed by atoms with Crippen LogP contribution in [-0.4, -0.2) is 44.7 Å². The molecule has 0 atom stereocenters. The number of hydrogen-bond donors (Lipinski definition) is 1. The average Bonchev–Trinajstić information content (AvgIpc) is 2.93. The van der Waals surface area contributed by atoms with Crippen LogP contribution in [0.2, 0.25) is 0 Å². The van der Waals surface area contributed by atoms with E-state index in [4.69, 9.17) is 4.42 Å². The van der Waals surface area contributed by atoms with Crippen LogP contribution in [-0.2, 0) is 11.3 Å². The van der Waals surface area contributed by atoms with Crippen LogP contribution in [0.1, 0.15) is 35.4 Å². The largest absolute Gasteiger partial charge is 0.463 e. The van der Waals surface area contributed by atoms with Gasteiger partial charge < -0.3 is 19.4 Å². The normalized spacial score (nSPS) is 17.3. The van der Waals surface area contributed by atoms with Gasteiger partial charge in [-0.3, -0.25) is 0 Å². The van der Waals surface area contributed by atoms with Crippen LogP contribution in [0, 0.1) is 5.92 Å². The molecule has 1 fully saturated rings. The van der Waals surface area contributed by atoms with E-state index in [-0.39, 0.29) is 0 Å². The summed E-state index contributed by atoms with van der Waals surface area (Å²) in [6.45, 7) is 4.03. The van der Waals surface area contributed by atoms with Gasteiger partial charge in [-0.1, -0.05) is 0 Å². The number of rotatable bonds is 6. The van der Waals surface area contributed by atoms with Gasteiger partial charge in [-0.2, -0.15) is 0 Å². The molecule has 112 valence electrons. The lowest BCUT2D eigenvalue weighted by Gasteiger charge is -2.28. The second-order valence-electron chi connectivity index (χ2n) is 5.48. The number of likely N-dealkylation sites (tertiary alicyclic amines) is 1. The van der Waals surface area contributed by atoms with Crippen molar-refractivity contribution in [2.24, 2.45) is 5.92 Å². The van der Waals surface area contributed by atoms with Crippen LogP contribution in [0.15, 0.2) is 16.7 Å². The summed E-state index contributed by atoms with van der Waals surface area (Å²) in [6, 6.07) is 1.81. The minimum atomic E-state index is -0.415. The van der Waals surface area contributed by atoms with E-state index in [1.165, 1.54) is 45.7 Å². The number of esters is 1. The first kappa shape index (κ1) is 15.1. The maximum absolute atomic E-state index is 11.5. The van der Waals surface area contributed by atoms with E-state index in [1.54, 1.807) is 0 Å². The van der Waals surface area contributed by atoms with Crippen LogP contribution in [0.25, 0.3) is 0 Å². The number of hydrogen-bond acceptors (Lipinski definition) is 5. The fourth-order valence-corrected chi connectivity index (χ4v) is 2.63. The van der Waals surface area contributed by atoms with Crippen molar-refractivity contribution >= 4 is 5.97 Å². The zero-order valence-corrected chi connectivity index (χ0v) is 12.4. The molecule has 0 bridgehead atoms. The molecule has 5 nitrogen and oxygen atoms in total. The molecule has 0 radical (unpaired) electrons. The van der Waals surface area contributed by atoms with Gasteiger partial charge in [-0.05, 0) is 57.9 Å². The van der Waals surface area contributed by atoms with E-state index in [9.17, 15) is 4.79 Å². The summed E-state index contributed by atoms with van der Waals surface area (Å²) < 4.78 is 9.84. The van der Waals surface area contributed by atoms with E-state index >= 15 is 0 Å². The van der Waals surface area contributed by atoms with Crippen molar-refractivity contribution in [2.45, 2.75) is 25.8 Å². The van der Waals surface area contributed by atoms with E-state index in [0.29, 0.717) is 12.3 Å². The number of carbonyl (C=O) groups excluding carboxylic acids is 1. The molecular formula is C15H24N2O3. The highest BCUT2D eigenvalue weighted by Crippen LogP contribution is 2.19. The summed E-state index contributed by atoms with van der Waals surface area (Å²) in [5, 5.41) is 3.38. The lowest BCUT2D eigenvalue weighted by Crippen LogP contribution is -2.31. The average molecular weight is 280 g/mol. The Morgan fingerprint density at radius 2 is 2.25 bits per heavy atom. The molecular weight excluding hydrogens is 256 g/mol. The predicted octanol–water partition coefficient (Wildman–Crippen LogP) is 1.89. The van der Waals surface area contributed by atoms with Gasteiger partial charge >= 0.3 is 5.97 Å². The maximum atomic E-state index is 11.5. The Labute approximate surface area is 120 Å². The Morgan fingerprint density at radius 1 is 1.50 bits per heavy atom. The van der Waals surface area contributed by atoms with Crippen LogP contribution >= 0.6 is 0 Å². The number of nitrogens with zero attached hydrogens (tertiary/aromatic N) is 1. The van der Waals surface area contributed by atoms with Crippen LogP contribution < -0.4 is 5.32 Å². The molecule has 1 aromatic rings. The van der Waals surface area contributed by atoms with E-state index < -0.39 is 5.97 Å². The smallest absolute Gasteiger partial charge is 0.374 e. The summed E-state index contributed by atoms with van der Waals surface area (Å²) in [5.74, 6) is 0.713. The van der Waals surface area contributed by atoms with Crippen molar-refractivity contribution in [3.05, 3.63) is 23.7 Å². The fourth-order valence-electron chi connectivity index (χ4n) is 2.63. The molecule has 0 aromatic carbocycles. The second-order valence-corrected chi connectivity index (χ2v) is 5.48. The van der Waals surface area contributed by atoms with Gasteiger partial charge in [0.05, 0.1) is 13.4 Å². The molecule has 2 heterocycles. The molecule has 0 amide bonds. The van der Waals surface area contributed by atoms with Crippen LogP contribution in [0.4, 0.5) is 0 Å². The van der Waals surface area contributed by atoms with Crippen molar-refractivity contribution in [3.8, 4) is 0 Å². The molecule has 1 saturated heterocycles. The van der Waals surface area contributed by atoms with Crippen molar-refractivity contribution in [1.29, 1.82) is 0 Å². The van der Waals surface area contributed by atoms with Crippen LogP contribution in [0.3, 0.4) is 0 Å². The summed E-state index contributed by atoms with van der Waals surface area (Å²) in [7, 11) is 3.55. The number of piperidine rings is 1. The van der Waals surface area contributed by atoms with Gasteiger partial charge in [-0.25, -0.2) is 4.79 Å². The third-order valence-electron chi connectivity index (χ3n) is 4.00. The second kappa shape index (κ2) is 7.45. The SMILES string of the molecule is COC(=O)c1occc1CNCCC1CCN(C)CC1. The Morgan fingerprint density at radius 3 is 2.95 bits per heavy atom. The summed E-state index contributed by atoms with van der Waals surface area (Å²) in [5.41, 5.74) is 0.861. The Balaban J connectivity index is 1.68. The van der Waals surface area contributed by atoms with Crippen LogP contribution in [0.5, 0.6) is 0 Å². The third-order valence-corrected chi connectivity index (χ3v) is 4.00. The minimum absolute atomic E-state index is 0.305. The van der Waals surface area contributed by atoms with E-state index in [2.05, 4.69) is 22.0 Å². The molecule has 1 N–H and O–H groups in total. The van der Waals surface area contributed by atoms with Gasteiger partial charge in [0.25, 0.3) is 0 Å². The molecule has 2 rings (SSSR count). The first-order valence-corrected chi connectivity index (χ1v) is 7.24. The van der Waals surface area contributed by atoms with Gasteiger partial charge in [0.2, 0.25) is 5.76 Å². The zero-order chi connectivity index (χ0) is 14.4. The first-order valence-electron chi connectivity index (χ1n) is 7.24. The lowest BCUT2D eigenvalue weighted by atomic mass is 9.94. The standard InChI is InChI=1S/C15H24N2O3/c1-17-8-4-12(5-9-17)3-7-16-11-13-6-10-20-14(13)15(18)19-2/h6,10,12,16H,3-5,7-9,11H2,1-2H3. The highest BCUT2D eigenvalue weighted by molar-refractivity contribution is 5.87. The molecule has 0 unspecified atom stereocenters. The Kier molecular flexibility index (Phi) is 5.61. The van der Waals surface area contributed by atoms with Crippen molar-refractivity contribution in [2.75, 3.05) is 33.8 Å². The van der Waals surface area contributed by atoms with Crippen molar-refractivity contribution in [3.63, 3.8) is 0 Å². The molecule has 5 heteroatoms. The first-order chi connectivity index (χ1) is 9.70. The van der Waals surface area contributed by atoms with Crippen molar-refractivity contribution in [1.82, 2.24) is 10.2 Å². The summed E-state index contributed by atoms with van der Waals surface area (Å²) in [6.07, 6.45) is 5.30. The summed E-state index contributed by atoms with van der Waals surface area (Å²) in [4.78, 5) is 13.8. The van der Waals surface area contributed by atoms with E-state index in [0.717, 1.165) is 18.0 Å². The Bertz CT molecular complexity index is 423. The molecule has 0 spiro atoms. The van der Waals surface area contributed by atoms with Gasteiger partial charge in [0.1, 0.15) is 0 Å². The number of ether oxygens (including phenoxy) is 1. The fraction of sp³-hybridized carbons (Fsp3) is 0.667. The molecule has 0 saturated carbocycles. The van der Waals surface area contributed by atoms with Gasteiger partial charge in [0, 0.05) is 12.1 Å². The lowest BCUT2D eigenvalue weighted by molar-refractivity contribution is 0.0563. The van der Waals surface area contributed by atoms with Gasteiger partial charge in [0.15, 0.2) is 0 Å². The maximum Gasteiger partial charge on any atom is 0.374 e. The molecule has 1 aliphatic rings.